The van der Waals surface area contributed by atoms with Gasteiger partial charge in [0.15, 0.2) is 11.5 Å². The van der Waals surface area contributed by atoms with Crippen molar-refractivity contribution in [2.75, 3.05) is 7.11 Å². The van der Waals surface area contributed by atoms with Crippen LogP contribution in [0.4, 0.5) is 0 Å². The second-order valence-corrected chi connectivity index (χ2v) is 6.93. The van der Waals surface area contributed by atoms with Crippen LogP contribution in [0.5, 0.6) is 11.5 Å². The van der Waals surface area contributed by atoms with Crippen molar-refractivity contribution in [2.24, 2.45) is 7.05 Å². The summed E-state index contributed by atoms with van der Waals surface area (Å²) in [4.78, 5) is 18.0. The van der Waals surface area contributed by atoms with Crippen LogP contribution < -0.4 is 13.8 Å². The molecule has 0 fully saturated rings. The van der Waals surface area contributed by atoms with Gasteiger partial charge in [0.05, 0.1) is 7.11 Å². The van der Waals surface area contributed by atoms with Gasteiger partial charge in [0.1, 0.15) is 7.05 Å². The molecule has 0 aliphatic heterocycles. The number of aromatic nitrogens is 1. The van der Waals surface area contributed by atoms with Gasteiger partial charge in [-0.3, -0.25) is 9.79 Å². The van der Waals surface area contributed by atoms with Gasteiger partial charge in [-0.1, -0.05) is 24.8 Å². The molecule has 0 unspecified atom stereocenters. The van der Waals surface area contributed by atoms with Gasteiger partial charge in [-0.15, -0.1) is 0 Å². The van der Waals surface area contributed by atoms with Crippen LogP contribution in [-0.4, -0.2) is 16.9 Å². The first-order chi connectivity index (χ1) is 12.3. The second-order valence-electron chi connectivity index (χ2n) is 5.76. The second kappa shape index (κ2) is 6.92. The van der Waals surface area contributed by atoms with E-state index in [0.29, 0.717) is 0 Å². The molecule has 0 aliphatic carbocycles. The number of ether oxygens (including phenoxy) is 1. The largest absolute Gasteiger partial charge is 0.524 e. The molecule has 3 aromatic rings. The number of methoxy groups -OCH3 is 1. The lowest BCUT2D eigenvalue weighted by Gasteiger charge is -2.13. The number of benzene rings is 2. The van der Waals surface area contributed by atoms with Crippen molar-refractivity contribution < 1.29 is 28.2 Å². The molecule has 2 aromatic carbocycles. The minimum atomic E-state index is -4.67. The number of phosphoric acid groups is 1. The molecule has 7 heteroatoms. The van der Waals surface area contributed by atoms with Crippen LogP contribution in [0.2, 0.25) is 0 Å². The standard InChI is InChI=1S/C19H18NO5P/c1-13(16-10-8-14-6-4-5-7-17(14)20(16)2)15-9-11-18(19(12-15)24-3)25-26(21,22)23/h4-12H,1H2,2-3H3,(H-,21,22,23)/p+1. The molecule has 0 amide bonds. The Morgan fingerprint density at radius 2 is 1.81 bits per heavy atom. The van der Waals surface area contributed by atoms with Gasteiger partial charge in [-0.05, 0) is 29.8 Å². The van der Waals surface area contributed by atoms with Gasteiger partial charge in [0, 0.05) is 23.1 Å². The predicted molar refractivity (Wildman–Crippen MR) is 98.9 cm³/mol. The highest BCUT2D eigenvalue weighted by Crippen LogP contribution is 2.42. The maximum atomic E-state index is 11.1. The Morgan fingerprint density at radius 1 is 1.08 bits per heavy atom. The SMILES string of the molecule is C=C(c1ccc(OP(=O)(O)O)c(OC)c1)c1ccc2ccccc2[n+]1C. The van der Waals surface area contributed by atoms with Gasteiger partial charge in [-0.25, -0.2) is 4.57 Å². The molecule has 1 aromatic heterocycles. The van der Waals surface area contributed by atoms with Gasteiger partial charge >= 0.3 is 7.82 Å². The quantitative estimate of drug-likeness (QED) is 0.531. The van der Waals surface area contributed by atoms with E-state index in [-0.39, 0.29) is 11.5 Å². The summed E-state index contributed by atoms with van der Waals surface area (Å²) in [5.41, 5.74) is 3.49. The maximum Gasteiger partial charge on any atom is 0.524 e. The molecule has 3 rings (SSSR count). The van der Waals surface area contributed by atoms with Crippen LogP contribution in [0.15, 0.2) is 61.2 Å². The van der Waals surface area contributed by atoms with Crippen molar-refractivity contribution in [3.05, 3.63) is 72.4 Å². The molecule has 0 atom stereocenters. The molecular formula is C19H19NO5P+. The van der Waals surface area contributed by atoms with Gasteiger partial charge in [0.2, 0.25) is 11.2 Å². The minimum Gasteiger partial charge on any atom is -0.493 e. The van der Waals surface area contributed by atoms with Crippen molar-refractivity contribution in [3.8, 4) is 11.5 Å². The summed E-state index contributed by atoms with van der Waals surface area (Å²) in [6.45, 7) is 4.17. The Kier molecular flexibility index (Phi) is 4.83. The van der Waals surface area contributed by atoms with E-state index in [1.807, 2.05) is 48.0 Å². The first kappa shape index (κ1) is 18.1. The van der Waals surface area contributed by atoms with Crippen LogP contribution in [0.1, 0.15) is 11.3 Å². The summed E-state index contributed by atoms with van der Waals surface area (Å²) in [5.74, 6) is 0.190. The first-order valence-electron chi connectivity index (χ1n) is 7.81. The molecule has 26 heavy (non-hydrogen) atoms. The number of aryl methyl sites for hydroxylation is 1. The number of phosphoric ester groups is 1. The molecule has 0 saturated carbocycles. The van der Waals surface area contributed by atoms with E-state index in [1.165, 1.54) is 13.2 Å². The van der Waals surface area contributed by atoms with E-state index in [9.17, 15) is 4.57 Å². The average Bonchev–Trinajstić information content (AvgIpc) is 2.61. The van der Waals surface area contributed by atoms with Crippen LogP contribution in [0, 0.1) is 0 Å². The summed E-state index contributed by atoms with van der Waals surface area (Å²) in [6.07, 6.45) is 0. The zero-order valence-corrected chi connectivity index (χ0v) is 15.3. The number of hydrogen-bond donors (Lipinski definition) is 2. The van der Waals surface area contributed by atoms with Gasteiger partial charge in [0.25, 0.3) is 0 Å². The summed E-state index contributed by atoms with van der Waals surface area (Å²) in [7, 11) is -1.30. The fraction of sp³-hybridized carbons (Fsp3) is 0.105. The average molecular weight is 372 g/mol. The highest BCUT2D eigenvalue weighted by Gasteiger charge is 2.21. The van der Waals surface area contributed by atoms with E-state index in [0.717, 1.165) is 27.7 Å². The van der Waals surface area contributed by atoms with Crippen molar-refractivity contribution >= 4 is 24.3 Å². The molecule has 0 saturated heterocycles. The molecule has 134 valence electrons. The lowest BCUT2D eigenvalue weighted by Crippen LogP contribution is -2.34. The first-order valence-corrected chi connectivity index (χ1v) is 9.34. The lowest BCUT2D eigenvalue weighted by atomic mass is 10.0. The monoisotopic (exact) mass is 372 g/mol. The fourth-order valence-corrected chi connectivity index (χ4v) is 3.26. The normalized spacial score (nSPS) is 11.4. The summed E-state index contributed by atoms with van der Waals surface area (Å²) in [5, 5.41) is 1.12. The topological polar surface area (TPSA) is 79.9 Å². The van der Waals surface area contributed by atoms with E-state index < -0.39 is 7.82 Å². The Morgan fingerprint density at radius 3 is 2.50 bits per heavy atom. The van der Waals surface area contributed by atoms with E-state index >= 15 is 0 Å². The van der Waals surface area contributed by atoms with Gasteiger partial charge < -0.3 is 9.26 Å². The third-order valence-electron chi connectivity index (χ3n) is 4.12. The number of pyridine rings is 1. The number of nitrogens with zero attached hydrogens (tertiary/aromatic N) is 1. The maximum absolute atomic E-state index is 11.1. The van der Waals surface area contributed by atoms with Crippen LogP contribution in [-0.2, 0) is 11.6 Å². The highest BCUT2D eigenvalue weighted by atomic mass is 31.2. The third-order valence-corrected chi connectivity index (χ3v) is 4.55. The summed E-state index contributed by atoms with van der Waals surface area (Å²) in [6, 6.07) is 16.8. The van der Waals surface area contributed by atoms with E-state index in [1.54, 1.807) is 12.1 Å². The molecule has 1 heterocycles. The van der Waals surface area contributed by atoms with Crippen molar-refractivity contribution in [1.29, 1.82) is 0 Å². The zero-order chi connectivity index (χ0) is 18.9. The van der Waals surface area contributed by atoms with Crippen LogP contribution in [0.3, 0.4) is 0 Å². The number of rotatable bonds is 5. The summed E-state index contributed by atoms with van der Waals surface area (Å²) < 4.78 is 23.0. The lowest BCUT2D eigenvalue weighted by molar-refractivity contribution is -0.647. The van der Waals surface area contributed by atoms with E-state index in [2.05, 4.69) is 11.1 Å². The van der Waals surface area contributed by atoms with Crippen molar-refractivity contribution in [3.63, 3.8) is 0 Å². The highest BCUT2D eigenvalue weighted by molar-refractivity contribution is 7.46. The van der Waals surface area contributed by atoms with Crippen molar-refractivity contribution in [2.45, 2.75) is 0 Å². The number of hydrogen-bond acceptors (Lipinski definition) is 3. The molecule has 0 radical (unpaired) electrons. The Bertz CT molecular complexity index is 1040. The Hall–Kier alpha value is -2.66. The molecule has 2 N–H and O–H groups in total. The van der Waals surface area contributed by atoms with Gasteiger partial charge in [-0.2, -0.15) is 4.57 Å². The van der Waals surface area contributed by atoms with Crippen LogP contribution >= 0.6 is 7.82 Å². The zero-order valence-electron chi connectivity index (χ0n) is 14.4. The van der Waals surface area contributed by atoms with E-state index in [4.69, 9.17) is 14.5 Å². The third kappa shape index (κ3) is 3.63. The number of para-hydroxylation sites is 1. The fourth-order valence-electron chi connectivity index (χ4n) is 2.85. The summed E-state index contributed by atoms with van der Waals surface area (Å²) >= 11 is 0. The minimum absolute atomic E-state index is 0.0275. The molecular weight excluding hydrogens is 353 g/mol. The molecule has 0 bridgehead atoms. The Labute approximate surface area is 151 Å². The Balaban J connectivity index is 2.03. The number of fused-ring (bicyclic) bond motifs is 1. The smallest absolute Gasteiger partial charge is 0.493 e. The molecule has 0 aliphatic rings. The van der Waals surface area contributed by atoms with Crippen molar-refractivity contribution in [1.82, 2.24) is 0 Å². The predicted octanol–water partition coefficient (Wildman–Crippen LogP) is 3.21. The van der Waals surface area contributed by atoms with Crippen LogP contribution in [0.25, 0.3) is 16.5 Å². The molecule has 6 nitrogen and oxygen atoms in total. The molecule has 0 spiro atoms.